The Morgan fingerprint density at radius 3 is 2.08 bits per heavy atom. The SMILES string of the molecule is CC(NS(=O)(=O)c1cc(F)cc(F)c1)c1cccc(S(N)(=O)=O)c1. The third-order valence-electron chi connectivity index (χ3n) is 3.16. The Morgan fingerprint density at radius 1 is 0.958 bits per heavy atom. The van der Waals surface area contributed by atoms with Gasteiger partial charge in [-0.3, -0.25) is 0 Å². The summed E-state index contributed by atoms with van der Waals surface area (Å²) < 4.78 is 75.7. The Hall–Kier alpha value is -1.88. The van der Waals surface area contributed by atoms with Gasteiger partial charge in [0.05, 0.1) is 9.79 Å². The van der Waals surface area contributed by atoms with Crippen molar-refractivity contribution >= 4 is 20.0 Å². The molecule has 1 atom stereocenters. The van der Waals surface area contributed by atoms with Gasteiger partial charge in [-0.1, -0.05) is 12.1 Å². The van der Waals surface area contributed by atoms with Gasteiger partial charge in [-0.25, -0.2) is 35.5 Å². The van der Waals surface area contributed by atoms with Gasteiger partial charge in [0.15, 0.2) is 0 Å². The van der Waals surface area contributed by atoms with E-state index >= 15 is 0 Å². The van der Waals surface area contributed by atoms with Crippen molar-refractivity contribution in [1.82, 2.24) is 4.72 Å². The Balaban J connectivity index is 2.33. The number of halogens is 2. The fraction of sp³-hybridized carbons (Fsp3) is 0.143. The van der Waals surface area contributed by atoms with Crippen LogP contribution in [0, 0.1) is 11.6 Å². The van der Waals surface area contributed by atoms with Crippen LogP contribution < -0.4 is 9.86 Å². The van der Waals surface area contributed by atoms with Crippen LogP contribution in [0.2, 0.25) is 0 Å². The number of primary sulfonamides is 1. The van der Waals surface area contributed by atoms with Gasteiger partial charge in [-0.05, 0) is 36.8 Å². The molecule has 2 aromatic rings. The van der Waals surface area contributed by atoms with Crippen LogP contribution in [0.25, 0.3) is 0 Å². The van der Waals surface area contributed by atoms with E-state index in [9.17, 15) is 25.6 Å². The molecular weight excluding hydrogens is 362 g/mol. The second kappa shape index (κ2) is 6.55. The molecule has 0 saturated heterocycles. The summed E-state index contributed by atoms with van der Waals surface area (Å²) in [4.78, 5) is -0.753. The number of sulfonamides is 2. The first-order valence-electron chi connectivity index (χ1n) is 6.60. The number of rotatable bonds is 5. The lowest BCUT2D eigenvalue weighted by atomic mass is 10.1. The van der Waals surface area contributed by atoms with Crippen LogP contribution >= 0.6 is 0 Å². The summed E-state index contributed by atoms with van der Waals surface area (Å²) in [5.41, 5.74) is 0.321. The molecule has 130 valence electrons. The van der Waals surface area contributed by atoms with Gasteiger partial charge >= 0.3 is 0 Å². The first-order chi connectivity index (χ1) is 11.0. The van der Waals surface area contributed by atoms with E-state index in [2.05, 4.69) is 4.72 Å². The Kier molecular flexibility index (Phi) is 5.04. The lowest BCUT2D eigenvalue weighted by Crippen LogP contribution is -2.27. The molecule has 0 aromatic heterocycles. The molecule has 0 spiro atoms. The van der Waals surface area contributed by atoms with Gasteiger partial charge in [0, 0.05) is 12.1 Å². The average Bonchev–Trinajstić information content (AvgIpc) is 2.45. The van der Waals surface area contributed by atoms with E-state index in [4.69, 9.17) is 5.14 Å². The summed E-state index contributed by atoms with van der Waals surface area (Å²) in [6, 6.07) is 6.44. The molecule has 24 heavy (non-hydrogen) atoms. The zero-order valence-corrected chi connectivity index (χ0v) is 14.0. The molecule has 0 bridgehead atoms. The van der Waals surface area contributed by atoms with E-state index in [0.29, 0.717) is 23.8 Å². The van der Waals surface area contributed by atoms with Crippen LogP contribution in [-0.4, -0.2) is 16.8 Å². The zero-order valence-electron chi connectivity index (χ0n) is 12.4. The standard InChI is InChI=1S/C14H14F2N2O4S2/c1-9(10-3-2-4-13(5-10)23(17,19)20)18-24(21,22)14-7-11(15)6-12(16)8-14/h2-9,18H,1H3,(H2,17,19,20). The molecule has 2 aromatic carbocycles. The number of nitrogens with two attached hydrogens (primary N) is 1. The van der Waals surface area contributed by atoms with E-state index in [1.54, 1.807) is 0 Å². The van der Waals surface area contributed by atoms with Crippen molar-refractivity contribution in [2.45, 2.75) is 22.8 Å². The summed E-state index contributed by atoms with van der Waals surface area (Å²) in [5.74, 6) is -2.06. The fourth-order valence-electron chi connectivity index (χ4n) is 2.01. The van der Waals surface area contributed by atoms with Gasteiger partial charge < -0.3 is 0 Å². The maximum absolute atomic E-state index is 13.2. The normalized spacial score (nSPS) is 13.7. The Labute approximate surface area is 138 Å². The quantitative estimate of drug-likeness (QED) is 0.827. The van der Waals surface area contributed by atoms with Gasteiger partial charge in [-0.15, -0.1) is 0 Å². The number of hydrogen-bond acceptors (Lipinski definition) is 4. The summed E-state index contributed by atoms with van der Waals surface area (Å²) >= 11 is 0. The molecule has 0 amide bonds. The fourth-order valence-corrected chi connectivity index (χ4v) is 3.86. The van der Waals surface area contributed by atoms with E-state index in [1.807, 2.05) is 0 Å². The summed E-state index contributed by atoms with van der Waals surface area (Å²) in [6.07, 6.45) is 0. The van der Waals surface area contributed by atoms with Crippen LogP contribution in [0.1, 0.15) is 18.5 Å². The van der Waals surface area contributed by atoms with Crippen molar-refractivity contribution in [3.63, 3.8) is 0 Å². The highest BCUT2D eigenvalue weighted by atomic mass is 32.2. The van der Waals surface area contributed by atoms with Crippen LogP contribution in [-0.2, 0) is 20.0 Å². The number of nitrogens with one attached hydrogen (secondary N) is 1. The summed E-state index contributed by atoms with van der Waals surface area (Å²) in [6.45, 7) is 1.45. The van der Waals surface area contributed by atoms with E-state index in [-0.39, 0.29) is 4.90 Å². The Morgan fingerprint density at radius 2 is 1.54 bits per heavy atom. The summed E-state index contributed by atoms with van der Waals surface area (Å²) in [7, 11) is -8.15. The van der Waals surface area contributed by atoms with Crippen molar-refractivity contribution in [3.8, 4) is 0 Å². The van der Waals surface area contributed by atoms with E-state index in [0.717, 1.165) is 0 Å². The highest BCUT2D eigenvalue weighted by Crippen LogP contribution is 2.20. The molecular formula is C14H14F2N2O4S2. The van der Waals surface area contributed by atoms with Crippen LogP contribution in [0.5, 0.6) is 0 Å². The molecule has 2 rings (SSSR count). The first kappa shape index (κ1) is 18.5. The molecule has 0 heterocycles. The zero-order chi connectivity index (χ0) is 18.1. The molecule has 3 N–H and O–H groups in total. The van der Waals surface area contributed by atoms with Crippen LogP contribution in [0.4, 0.5) is 8.78 Å². The van der Waals surface area contributed by atoms with Crippen molar-refractivity contribution < 1.29 is 25.6 Å². The average molecular weight is 376 g/mol. The maximum atomic E-state index is 13.2. The minimum Gasteiger partial charge on any atom is -0.225 e. The second-order valence-corrected chi connectivity index (χ2v) is 8.34. The highest BCUT2D eigenvalue weighted by molar-refractivity contribution is 7.89. The maximum Gasteiger partial charge on any atom is 0.241 e. The largest absolute Gasteiger partial charge is 0.241 e. The van der Waals surface area contributed by atoms with Gasteiger partial charge in [-0.2, -0.15) is 0 Å². The predicted octanol–water partition coefficient (Wildman–Crippen LogP) is 1.65. The van der Waals surface area contributed by atoms with Crippen molar-refractivity contribution in [3.05, 3.63) is 59.7 Å². The molecule has 0 radical (unpaired) electrons. The van der Waals surface area contributed by atoms with Gasteiger partial charge in [0.25, 0.3) is 0 Å². The number of benzene rings is 2. The third kappa shape index (κ3) is 4.35. The number of hydrogen-bond donors (Lipinski definition) is 2. The molecule has 10 heteroatoms. The Bertz CT molecular complexity index is 956. The predicted molar refractivity (Wildman–Crippen MR) is 82.9 cm³/mol. The molecule has 0 aliphatic rings. The van der Waals surface area contributed by atoms with Gasteiger partial charge in [0.1, 0.15) is 11.6 Å². The molecule has 0 aliphatic heterocycles. The van der Waals surface area contributed by atoms with Crippen LogP contribution in [0.3, 0.4) is 0 Å². The van der Waals surface area contributed by atoms with Crippen LogP contribution in [0.15, 0.2) is 52.3 Å². The van der Waals surface area contributed by atoms with E-state index < -0.39 is 42.6 Å². The topological polar surface area (TPSA) is 106 Å². The van der Waals surface area contributed by atoms with Crippen molar-refractivity contribution in [2.75, 3.05) is 0 Å². The monoisotopic (exact) mass is 376 g/mol. The molecule has 0 saturated carbocycles. The third-order valence-corrected chi connectivity index (χ3v) is 5.60. The lowest BCUT2D eigenvalue weighted by Gasteiger charge is -2.15. The van der Waals surface area contributed by atoms with Crippen molar-refractivity contribution in [2.24, 2.45) is 5.14 Å². The van der Waals surface area contributed by atoms with Gasteiger partial charge in [0.2, 0.25) is 20.0 Å². The smallest absolute Gasteiger partial charge is 0.225 e. The van der Waals surface area contributed by atoms with Crippen molar-refractivity contribution in [1.29, 1.82) is 0 Å². The molecule has 0 fully saturated rings. The minimum absolute atomic E-state index is 0.178. The minimum atomic E-state index is -4.21. The molecule has 1 unspecified atom stereocenters. The highest BCUT2D eigenvalue weighted by Gasteiger charge is 2.21. The lowest BCUT2D eigenvalue weighted by molar-refractivity contribution is 0.553. The second-order valence-electron chi connectivity index (χ2n) is 5.07. The first-order valence-corrected chi connectivity index (χ1v) is 9.63. The molecule has 0 aliphatic carbocycles. The van der Waals surface area contributed by atoms with E-state index in [1.165, 1.54) is 31.2 Å². The molecule has 6 nitrogen and oxygen atoms in total. The summed E-state index contributed by atoms with van der Waals surface area (Å²) in [5, 5.41) is 5.03.